The molecule has 0 fully saturated rings. The summed E-state index contributed by atoms with van der Waals surface area (Å²) < 4.78 is 2.86. The van der Waals surface area contributed by atoms with Crippen LogP contribution in [0, 0.1) is 0 Å². The molecule has 2 heterocycles. The van der Waals surface area contributed by atoms with Crippen molar-refractivity contribution in [1.29, 1.82) is 0 Å². The molecule has 0 spiro atoms. The van der Waals surface area contributed by atoms with Crippen LogP contribution in [-0.2, 0) is 13.6 Å². The van der Waals surface area contributed by atoms with Crippen molar-refractivity contribution in [2.24, 2.45) is 7.05 Å². The molecule has 106 valence electrons. The maximum atomic E-state index is 11.9. The Morgan fingerprint density at radius 3 is 2.80 bits per heavy atom. The predicted octanol–water partition coefficient (Wildman–Crippen LogP) is 0.398. The molecule has 0 atom stereocenters. The minimum atomic E-state index is -1.24. The summed E-state index contributed by atoms with van der Waals surface area (Å²) in [5.41, 5.74) is -0.245. The minimum absolute atomic E-state index is 0.0264. The summed E-state index contributed by atoms with van der Waals surface area (Å²) in [5.74, 6) is -1.73. The Balaban J connectivity index is 1.96. The van der Waals surface area contributed by atoms with Crippen LogP contribution < -0.4 is 5.32 Å². The standard InChI is InChI=1S/C11H12ClN5O3/c1-16-6-8(9(15-16)11(19)20)10(18)13-2-3-17-5-7(12)4-14-17/h4-6H,2-3H2,1H3,(H,13,18)(H,19,20). The largest absolute Gasteiger partial charge is 0.476 e. The van der Waals surface area contributed by atoms with E-state index in [2.05, 4.69) is 15.5 Å². The van der Waals surface area contributed by atoms with Gasteiger partial charge in [-0.25, -0.2) is 4.79 Å². The molecule has 0 unspecified atom stereocenters. The van der Waals surface area contributed by atoms with Gasteiger partial charge in [-0.15, -0.1) is 0 Å². The van der Waals surface area contributed by atoms with E-state index >= 15 is 0 Å². The average molecular weight is 298 g/mol. The summed E-state index contributed by atoms with van der Waals surface area (Å²) >= 11 is 5.71. The highest BCUT2D eigenvalue weighted by Gasteiger charge is 2.20. The van der Waals surface area contributed by atoms with Crippen LogP contribution in [0.1, 0.15) is 20.8 Å². The normalized spacial score (nSPS) is 10.5. The zero-order valence-corrected chi connectivity index (χ0v) is 11.3. The van der Waals surface area contributed by atoms with Gasteiger partial charge in [-0.1, -0.05) is 11.6 Å². The third-order valence-electron chi connectivity index (χ3n) is 2.50. The first-order valence-electron chi connectivity index (χ1n) is 5.70. The number of hydrogen-bond donors (Lipinski definition) is 2. The maximum absolute atomic E-state index is 11.9. The monoisotopic (exact) mass is 297 g/mol. The molecule has 2 aromatic rings. The lowest BCUT2D eigenvalue weighted by Crippen LogP contribution is -2.28. The first kappa shape index (κ1) is 14.1. The molecule has 0 aliphatic carbocycles. The molecule has 20 heavy (non-hydrogen) atoms. The lowest BCUT2D eigenvalue weighted by Gasteiger charge is -2.04. The van der Waals surface area contributed by atoms with Gasteiger partial charge >= 0.3 is 5.97 Å². The lowest BCUT2D eigenvalue weighted by atomic mass is 10.2. The summed E-state index contributed by atoms with van der Waals surface area (Å²) in [5, 5.41) is 19.7. The van der Waals surface area contributed by atoms with Gasteiger partial charge < -0.3 is 10.4 Å². The molecule has 0 radical (unpaired) electrons. The van der Waals surface area contributed by atoms with Crippen molar-refractivity contribution < 1.29 is 14.7 Å². The van der Waals surface area contributed by atoms with Crippen LogP contribution in [0.4, 0.5) is 0 Å². The van der Waals surface area contributed by atoms with Crippen LogP contribution in [-0.4, -0.2) is 43.1 Å². The Kier molecular flexibility index (Phi) is 4.04. The third kappa shape index (κ3) is 3.15. The van der Waals surface area contributed by atoms with Gasteiger partial charge in [0.15, 0.2) is 5.69 Å². The second-order valence-electron chi connectivity index (χ2n) is 4.05. The number of carboxylic acids is 1. The number of halogens is 1. The highest BCUT2D eigenvalue weighted by molar-refractivity contribution is 6.30. The number of aromatic carboxylic acids is 1. The molecule has 0 aliphatic rings. The van der Waals surface area contributed by atoms with Gasteiger partial charge in [0.1, 0.15) is 0 Å². The topological polar surface area (TPSA) is 102 Å². The van der Waals surface area contributed by atoms with Gasteiger partial charge in [-0.05, 0) is 0 Å². The van der Waals surface area contributed by atoms with Crippen molar-refractivity contribution in [2.75, 3.05) is 6.54 Å². The predicted molar refractivity (Wildman–Crippen MR) is 69.7 cm³/mol. The molecule has 8 nitrogen and oxygen atoms in total. The lowest BCUT2D eigenvalue weighted by molar-refractivity contribution is 0.0684. The molecule has 0 aromatic carbocycles. The van der Waals surface area contributed by atoms with E-state index in [1.165, 1.54) is 17.1 Å². The van der Waals surface area contributed by atoms with E-state index in [4.69, 9.17) is 16.7 Å². The van der Waals surface area contributed by atoms with Gasteiger partial charge in [0.2, 0.25) is 0 Å². The summed E-state index contributed by atoms with van der Waals surface area (Å²) in [6.45, 7) is 0.728. The fourth-order valence-electron chi connectivity index (χ4n) is 1.65. The van der Waals surface area contributed by atoms with Gasteiger partial charge in [0, 0.05) is 26.0 Å². The fraction of sp³-hybridized carbons (Fsp3) is 0.273. The smallest absolute Gasteiger partial charge is 0.357 e. The Morgan fingerprint density at radius 2 is 2.20 bits per heavy atom. The van der Waals surface area contributed by atoms with E-state index < -0.39 is 11.9 Å². The van der Waals surface area contributed by atoms with Crippen LogP contribution in [0.3, 0.4) is 0 Å². The SMILES string of the molecule is Cn1cc(C(=O)NCCn2cc(Cl)cn2)c(C(=O)O)n1. The number of aromatic nitrogens is 4. The number of aryl methyl sites for hydroxylation is 1. The number of carbonyl (C=O) groups excluding carboxylic acids is 1. The number of carbonyl (C=O) groups is 2. The van der Waals surface area contributed by atoms with Crippen LogP contribution in [0.25, 0.3) is 0 Å². The van der Waals surface area contributed by atoms with Crippen molar-refractivity contribution in [1.82, 2.24) is 24.9 Å². The Labute approximate surface area is 118 Å². The molecule has 2 rings (SSSR count). The van der Waals surface area contributed by atoms with Gasteiger partial charge in [-0.2, -0.15) is 10.2 Å². The van der Waals surface area contributed by atoms with Crippen LogP contribution >= 0.6 is 11.6 Å². The van der Waals surface area contributed by atoms with Gasteiger partial charge in [-0.3, -0.25) is 14.2 Å². The molecule has 9 heteroatoms. The number of amides is 1. The van der Waals surface area contributed by atoms with Crippen molar-refractivity contribution in [2.45, 2.75) is 6.54 Å². The van der Waals surface area contributed by atoms with E-state index in [1.807, 2.05) is 0 Å². The van der Waals surface area contributed by atoms with Crippen molar-refractivity contribution in [3.63, 3.8) is 0 Å². The zero-order valence-electron chi connectivity index (χ0n) is 10.6. The van der Waals surface area contributed by atoms with Crippen molar-refractivity contribution in [3.8, 4) is 0 Å². The third-order valence-corrected chi connectivity index (χ3v) is 2.70. The number of hydrogen-bond acceptors (Lipinski definition) is 4. The minimum Gasteiger partial charge on any atom is -0.476 e. The highest BCUT2D eigenvalue weighted by Crippen LogP contribution is 2.06. The zero-order chi connectivity index (χ0) is 14.7. The number of nitrogens with zero attached hydrogens (tertiary/aromatic N) is 4. The van der Waals surface area contributed by atoms with E-state index in [0.29, 0.717) is 18.1 Å². The molecule has 0 saturated carbocycles. The van der Waals surface area contributed by atoms with E-state index in [1.54, 1.807) is 17.9 Å². The van der Waals surface area contributed by atoms with E-state index in [-0.39, 0.29) is 11.3 Å². The fourth-order valence-corrected chi connectivity index (χ4v) is 1.81. The van der Waals surface area contributed by atoms with Crippen LogP contribution in [0.2, 0.25) is 5.02 Å². The van der Waals surface area contributed by atoms with E-state index in [0.717, 1.165) is 0 Å². The van der Waals surface area contributed by atoms with E-state index in [9.17, 15) is 9.59 Å². The van der Waals surface area contributed by atoms with Gasteiger partial charge in [0.25, 0.3) is 5.91 Å². The molecular formula is C11H12ClN5O3. The van der Waals surface area contributed by atoms with Crippen LogP contribution in [0.15, 0.2) is 18.6 Å². The highest BCUT2D eigenvalue weighted by atomic mass is 35.5. The Morgan fingerprint density at radius 1 is 1.45 bits per heavy atom. The summed E-state index contributed by atoms with van der Waals surface area (Å²) in [7, 11) is 1.55. The first-order valence-corrected chi connectivity index (χ1v) is 6.08. The van der Waals surface area contributed by atoms with Crippen molar-refractivity contribution in [3.05, 3.63) is 34.9 Å². The molecular weight excluding hydrogens is 286 g/mol. The quantitative estimate of drug-likeness (QED) is 0.831. The van der Waals surface area contributed by atoms with Gasteiger partial charge in [0.05, 0.1) is 23.3 Å². The summed E-state index contributed by atoms with van der Waals surface area (Å²) in [6, 6.07) is 0. The Bertz CT molecular complexity index is 648. The molecule has 0 bridgehead atoms. The summed E-state index contributed by atoms with van der Waals surface area (Å²) in [6.07, 6.45) is 4.48. The maximum Gasteiger partial charge on any atom is 0.357 e. The Hall–Kier alpha value is -2.35. The number of carboxylic acid groups (broad SMARTS) is 1. The van der Waals surface area contributed by atoms with Crippen LogP contribution in [0.5, 0.6) is 0 Å². The molecule has 0 aliphatic heterocycles. The second-order valence-corrected chi connectivity index (χ2v) is 4.48. The molecule has 2 N–H and O–H groups in total. The van der Waals surface area contributed by atoms with Crippen molar-refractivity contribution >= 4 is 23.5 Å². The average Bonchev–Trinajstić information content (AvgIpc) is 2.95. The summed E-state index contributed by atoms with van der Waals surface area (Å²) in [4.78, 5) is 22.8. The first-order chi connectivity index (χ1) is 9.47. The second kappa shape index (κ2) is 5.74. The molecule has 1 amide bonds. The number of rotatable bonds is 5. The molecule has 0 saturated heterocycles. The number of nitrogens with one attached hydrogen (secondary N) is 1. The molecule has 2 aromatic heterocycles.